The van der Waals surface area contributed by atoms with E-state index in [2.05, 4.69) is 21.2 Å². The third-order valence-electron chi connectivity index (χ3n) is 3.86. The minimum absolute atomic E-state index is 0.141. The van der Waals surface area contributed by atoms with Crippen LogP contribution in [0.5, 0.6) is 0 Å². The number of rotatable bonds is 5. The van der Waals surface area contributed by atoms with Gasteiger partial charge >= 0.3 is 5.97 Å². The van der Waals surface area contributed by atoms with Crippen molar-refractivity contribution in [1.82, 2.24) is 10.2 Å². The Morgan fingerprint density at radius 2 is 1.96 bits per heavy atom. The lowest BCUT2D eigenvalue weighted by atomic mass is 10.0. The highest BCUT2D eigenvalue weighted by Gasteiger charge is 2.38. The van der Waals surface area contributed by atoms with E-state index in [0.29, 0.717) is 12.1 Å². The predicted molar refractivity (Wildman–Crippen MR) is 87.9 cm³/mol. The first kappa shape index (κ1) is 17.5. The van der Waals surface area contributed by atoms with Crippen molar-refractivity contribution in [2.75, 3.05) is 0 Å². The molecule has 6 nitrogen and oxygen atoms in total. The van der Waals surface area contributed by atoms with Crippen LogP contribution in [0.15, 0.2) is 22.7 Å². The maximum absolute atomic E-state index is 12.6. The van der Waals surface area contributed by atoms with Gasteiger partial charge in [-0.3, -0.25) is 14.4 Å². The highest BCUT2D eigenvalue weighted by molar-refractivity contribution is 9.10. The number of carbonyl (C=O) groups excluding carboxylic acids is 2. The van der Waals surface area contributed by atoms with Crippen LogP contribution in [0.3, 0.4) is 0 Å². The van der Waals surface area contributed by atoms with Gasteiger partial charge in [0.1, 0.15) is 12.1 Å². The van der Waals surface area contributed by atoms with Crippen LogP contribution in [-0.4, -0.2) is 39.9 Å². The van der Waals surface area contributed by atoms with Crippen molar-refractivity contribution in [3.8, 4) is 0 Å². The van der Waals surface area contributed by atoms with Crippen LogP contribution >= 0.6 is 15.9 Å². The van der Waals surface area contributed by atoms with E-state index in [0.717, 1.165) is 10.0 Å². The lowest BCUT2D eigenvalue weighted by Gasteiger charge is -2.30. The number of nitrogens with one attached hydrogen (secondary N) is 1. The smallest absolute Gasteiger partial charge is 0.325 e. The van der Waals surface area contributed by atoms with E-state index in [9.17, 15) is 14.4 Å². The summed E-state index contributed by atoms with van der Waals surface area (Å²) in [6, 6.07) is 3.67. The average Bonchev–Trinajstić information content (AvgIpc) is 2.74. The Kier molecular flexibility index (Phi) is 5.09. The Labute approximate surface area is 143 Å². The van der Waals surface area contributed by atoms with E-state index < -0.39 is 24.0 Å². The fraction of sp³-hybridized carbons (Fsp3) is 0.438. The van der Waals surface area contributed by atoms with Crippen LogP contribution in [0.4, 0.5) is 0 Å². The number of hydrogen-bond acceptors (Lipinski definition) is 3. The number of halogens is 1. The molecule has 1 aromatic rings. The number of hydrogen-bond donors (Lipinski definition) is 2. The molecule has 1 aliphatic rings. The van der Waals surface area contributed by atoms with E-state index in [-0.39, 0.29) is 11.8 Å². The number of nitrogens with zero attached hydrogens (tertiary/aromatic N) is 1. The highest BCUT2D eigenvalue weighted by Crippen LogP contribution is 2.29. The van der Waals surface area contributed by atoms with Gasteiger partial charge in [0.2, 0.25) is 5.91 Å². The normalized spacial score (nSPS) is 16.2. The largest absolute Gasteiger partial charge is 0.480 e. The summed E-state index contributed by atoms with van der Waals surface area (Å²) >= 11 is 3.37. The van der Waals surface area contributed by atoms with Crippen molar-refractivity contribution in [1.29, 1.82) is 0 Å². The van der Waals surface area contributed by atoms with Crippen LogP contribution in [0, 0.1) is 5.92 Å². The number of carboxylic acid groups (broad SMARTS) is 1. The molecular formula is C16H19BrN2O4. The van der Waals surface area contributed by atoms with Gasteiger partial charge in [-0.05, 0) is 36.6 Å². The summed E-state index contributed by atoms with van der Waals surface area (Å²) in [7, 11) is 0. The second-order valence-corrected chi connectivity index (χ2v) is 6.91. The molecule has 0 saturated carbocycles. The monoisotopic (exact) mass is 382 g/mol. The summed E-state index contributed by atoms with van der Waals surface area (Å²) < 4.78 is 0.871. The summed E-state index contributed by atoms with van der Waals surface area (Å²) in [6.45, 7) is 5.41. The summed E-state index contributed by atoms with van der Waals surface area (Å²) in [5, 5.41) is 11.4. The molecule has 7 heteroatoms. The molecule has 2 rings (SSSR count). The molecule has 1 aliphatic heterocycles. The standard InChI is InChI=1S/C16H19BrN2O4/c1-8(2)13(14(20)18-9(3)16(22)23)19-7-10-6-11(17)4-5-12(10)15(19)21/h4-6,8-9,13H,7H2,1-3H3,(H,18,20)(H,22,23)/t9-,13-/m0/s1. The molecule has 0 unspecified atom stereocenters. The summed E-state index contributed by atoms with van der Waals surface area (Å²) in [6.07, 6.45) is 0. The molecule has 0 saturated heterocycles. The molecule has 0 spiro atoms. The molecule has 0 aromatic heterocycles. The number of aliphatic carboxylic acids is 1. The van der Waals surface area contributed by atoms with Crippen LogP contribution in [0.2, 0.25) is 0 Å². The third kappa shape index (κ3) is 3.55. The van der Waals surface area contributed by atoms with Gasteiger partial charge in [0, 0.05) is 16.6 Å². The first-order valence-corrected chi connectivity index (χ1v) is 8.14. The Balaban J connectivity index is 2.25. The lowest BCUT2D eigenvalue weighted by molar-refractivity contribution is -0.142. The summed E-state index contributed by atoms with van der Waals surface area (Å²) in [4.78, 5) is 37.5. The van der Waals surface area contributed by atoms with Crippen molar-refractivity contribution in [2.24, 2.45) is 5.92 Å². The molecule has 1 aromatic carbocycles. The minimum Gasteiger partial charge on any atom is -0.480 e. The fourth-order valence-corrected chi connectivity index (χ4v) is 3.11. The quantitative estimate of drug-likeness (QED) is 0.815. The summed E-state index contributed by atoms with van der Waals surface area (Å²) in [5.41, 5.74) is 1.44. The SMILES string of the molecule is CC(C)[C@@H](C(=O)N[C@@H](C)C(=O)O)N1Cc2cc(Br)ccc2C1=O. The zero-order valence-corrected chi connectivity index (χ0v) is 14.8. The zero-order chi connectivity index (χ0) is 17.3. The van der Waals surface area contributed by atoms with Gasteiger partial charge in [0.15, 0.2) is 0 Å². The molecule has 0 aliphatic carbocycles. The van der Waals surface area contributed by atoms with Gasteiger partial charge in [0.25, 0.3) is 5.91 Å². The molecule has 2 amide bonds. The van der Waals surface area contributed by atoms with Gasteiger partial charge in [0.05, 0.1) is 0 Å². The Morgan fingerprint density at radius 3 is 2.52 bits per heavy atom. The van der Waals surface area contributed by atoms with Crippen molar-refractivity contribution in [2.45, 2.75) is 39.4 Å². The van der Waals surface area contributed by atoms with Crippen LogP contribution in [0.1, 0.15) is 36.7 Å². The Morgan fingerprint density at radius 1 is 1.30 bits per heavy atom. The Bertz CT molecular complexity index is 659. The first-order chi connectivity index (χ1) is 10.7. The number of benzene rings is 1. The van der Waals surface area contributed by atoms with Gasteiger partial charge in [-0.1, -0.05) is 29.8 Å². The van der Waals surface area contributed by atoms with Crippen LogP contribution in [0.25, 0.3) is 0 Å². The fourth-order valence-electron chi connectivity index (χ4n) is 2.70. The lowest BCUT2D eigenvalue weighted by Crippen LogP contribution is -2.53. The molecule has 0 bridgehead atoms. The van der Waals surface area contributed by atoms with Gasteiger partial charge in [-0.15, -0.1) is 0 Å². The number of fused-ring (bicyclic) bond motifs is 1. The van der Waals surface area contributed by atoms with E-state index in [1.54, 1.807) is 12.1 Å². The topological polar surface area (TPSA) is 86.7 Å². The van der Waals surface area contributed by atoms with Crippen molar-refractivity contribution in [3.63, 3.8) is 0 Å². The first-order valence-electron chi connectivity index (χ1n) is 7.35. The second-order valence-electron chi connectivity index (χ2n) is 5.99. The zero-order valence-electron chi connectivity index (χ0n) is 13.2. The van der Waals surface area contributed by atoms with Crippen LogP contribution < -0.4 is 5.32 Å². The maximum atomic E-state index is 12.6. The number of carboxylic acids is 1. The molecule has 23 heavy (non-hydrogen) atoms. The molecule has 2 N–H and O–H groups in total. The van der Waals surface area contributed by atoms with E-state index in [1.807, 2.05) is 19.9 Å². The van der Waals surface area contributed by atoms with E-state index in [4.69, 9.17) is 5.11 Å². The number of amides is 2. The molecule has 0 radical (unpaired) electrons. The van der Waals surface area contributed by atoms with Gasteiger partial charge in [-0.2, -0.15) is 0 Å². The number of carbonyl (C=O) groups is 3. The summed E-state index contributed by atoms with van der Waals surface area (Å²) in [5.74, 6) is -1.90. The average molecular weight is 383 g/mol. The maximum Gasteiger partial charge on any atom is 0.325 e. The Hall–Kier alpha value is -1.89. The highest BCUT2D eigenvalue weighted by atomic mass is 79.9. The van der Waals surface area contributed by atoms with E-state index in [1.165, 1.54) is 11.8 Å². The van der Waals surface area contributed by atoms with Crippen molar-refractivity contribution >= 4 is 33.7 Å². The van der Waals surface area contributed by atoms with E-state index >= 15 is 0 Å². The predicted octanol–water partition coefficient (Wildman–Crippen LogP) is 2.02. The molecule has 0 fully saturated rings. The van der Waals surface area contributed by atoms with Crippen LogP contribution in [-0.2, 0) is 16.1 Å². The van der Waals surface area contributed by atoms with Gasteiger partial charge in [-0.25, -0.2) is 0 Å². The van der Waals surface area contributed by atoms with Gasteiger partial charge < -0.3 is 15.3 Å². The molecular weight excluding hydrogens is 364 g/mol. The van der Waals surface area contributed by atoms with Crippen molar-refractivity contribution in [3.05, 3.63) is 33.8 Å². The second kappa shape index (κ2) is 6.70. The van der Waals surface area contributed by atoms with Crippen molar-refractivity contribution < 1.29 is 19.5 Å². The molecule has 1 heterocycles. The molecule has 124 valence electrons. The molecule has 2 atom stereocenters. The third-order valence-corrected chi connectivity index (χ3v) is 4.36. The minimum atomic E-state index is -1.11.